The number of carbonyl (C=O) groups excluding carboxylic acids is 1. The summed E-state index contributed by atoms with van der Waals surface area (Å²) >= 11 is 0. The molecule has 0 aliphatic carbocycles. The van der Waals surface area contributed by atoms with Crippen LogP contribution in [0.15, 0.2) is 91.0 Å². The number of pyridine rings is 1. The van der Waals surface area contributed by atoms with E-state index in [0.717, 1.165) is 33.5 Å². The standard InChI is InChI=1S/C27H23NO2/c1-3-30-27(29)24-19(2)23(20-13-7-4-8-14-20)25(21-15-9-5-10-16-21)28-26(24)22-17-11-6-12-18-22/h4-18H,3H2,1-2H3. The first-order valence-electron chi connectivity index (χ1n) is 10.1. The number of benzene rings is 3. The van der Waals surface area contributed by atoms with Crippen molar-refractivity contribution in [1.82, 2.24) is 4.98 Å². The second-order valence-corrected chi connectivity index (χ2v) is 7.00. The second-order valence-electron chi connectivity index (χ2n) is 7.00. The molecule has 0 aliphatic rings. The molecule has 3 heteroatoms. The number of hydrogen-bond donors (Lipinski definition) is 0. The Hall–Kier alpha value is -3.72. The van der Waals surface area contributed by atoms with E-state index in [2.05, 4.69) is 0 Å². The predicted molar refractivity (Wildman–Crippen MR) is 121 cm³/mol. The monoisotopic (exact) mass is 393 g/mol. The van der Waals surface area contributed by atoms with Gasteiger partial charge in [0.15, 0.2) is 0 Å². The second kappa shape index (κ2) is 8.75. The summed E-state index contributed by atoms with van der Waals surface area (Å²) < 4.78 is 5.43. The van der Waals surface area contributed by atoms with Crippen molar-refractivity contribution in [3.63, 3.8) is 0 Å². The first-order chi connectivity index (χ1) is 14.7. The third-order valence-corrected chi connectivity index (χ3v) is 5.08. The molecule has 0 fully saturated rings. The third kappa shape index (κ3) is 3.74. The van der Waals surface area contributed by atoms with Crippen molar-refractivity contribution < 1.29 is 9.53 Å². The fourth-order valence-corrected chi connectivity index (χ4v) is 3.72. The highest BCUT2D eigenvalue weighted by molar-refractivity contribution is 6.02. The minimum absolute atomic E-state index is 0.313. The molecule has 0 spiro atoms. The fourth-order valence-electron chi connectivity index (χ4n) is 3.72. The summed E-state index contributed by atoms with van der Waals surface area (Å²) in [4.78, 5) is 18.1. The minimum atomic E-state index is -0.349. The number of rotatable bonds is 5. The summed E-state index contributed by atoms with van der Waals surface area (Å²) in [5, 5.41) is 0. The van der Waals surface area contributed by atoms with Crippen LogP contribution in [0.4, 0.5) is 0 Å². The van der Waals surface area contributed by atoms with Crippen LogP contribution in [0, 0.1) is 6.92 Å². The third-order valence-electron chi connectivity index (χ3n) is 5.08. The maximum atomic E-state index is 13.0. The highest BCUT2D eigenvalue weighted by Gasteiger charge is 2.25. The molecule has 0 radical (unpaired) electrons. The lowest BCUT2D eigenvalue weighted by Gasteiger charge is -2.19. The lowest BCUT2D eigenvalue weighted by atomic mass is 9.90. The quantitative estimate of drug-likeness (QED) is 0.360. The maximum absolute atomic E-state index is 13.0. The van der Waals surface area contributed by atoms with Gasteiger partial charge in [0.2, 0.25) is 0 Å². The molecule has 3 nitrogen and oxygen atoms in total. The molecule has 4 aromatic rings. The number of carbonyl (C=O) groups is 1. The molecule has 30 heavy (non-hydrogen) atoms. The smallest absolute Gasteiger partial charge is 0.340 e. The van der Waals surface area contributed by atoms with Crippen LogP contribution in [0.2, 0.25) is 0 Å². The molecule has 0 N–H and O–H groups in total. The molecule has 0 unspecified atom stereocenters. The van der Waals surface area contributed by atoms with E-state index < -0.39 is 0 Å². The van der Waals surface area contributed by atoms with E-state index in [1.54, 1.807) is 0 Å². The number of esters is 1. The van der Waals surface area contributed by atoms with E-state index in [4.69, 9.17) is 9.72 Å². The van der Waals surface area contributed by atoms with Crippen LogP contribution in [0.5, 0.6) is 0 Å². The van der Waals surface area contributed by atoms with Gasteiger partial charge >= 0.3 is 5.97 Å². The Bertz CT molecular complexity index is 1150. The summed E-state index contributed by atoms with van der Waals surface area (Å²) in [6.07, 6.45) is 0. The number of nitrogens with zero attached hydrogens (tertiary/aromatic N) is 1. The Balaban J connectivity index is 2.09. The number of ether oxygens (including phenoxy) is 1. The van der Waals surface area contributed by atoms with Gasteiger partial charge in [-0.1, -0.05) is 91.0 Å². The van der Waals surface area contributed by atoms with Gasteiger partial charge in [0.05, 0.1) is 23.6 Å². The van der Waals surface area contributed by atoms with E-state index in [-0.39, 0.29) is 5.97 Å². The van der Waals surface area contributed by atoms with Crippen molar-refractivity contribution >= 4 is 5.97 Å². The molecule has 4 rings (SSSR count). The first kappa shape index (κ1) is 19.6. The molecule has 0 aliphatic heterocycles. The molecule has 0 bridgehead atoms. The summed E-state index contributed by atoms with van der Waals surface area (Å²) in [6.45, 7) is 4.11. The van der Waals surface area contributed by atoms with Gasteiger partial charge in [-0.15, -0.1) is 0 Å². The van der Waals surface area contributed by atoms with Crippen LogP contribution in [0.25, 0.3) is 33.6 Å². The first-order valence-corrected chi connectivity index (χ1v) is 10.1. The van der Waals surface area contributed by atoms with Gasteiger partial charge in [0.25, 0.3) is 0 Å². The van der Waals surface area contributed by atoms with Crippen LogP contribution in [-0.4, -0.2) is 17.6 Å². The zero-order chi connectivity index (χ0) is 20.9. The normalized spacial score (nSPS) is 10.6. The van der Waals surface area contributed by atoms with Crippen LogP contribution >= 0.6 is 0 Å². The van der Waals surface area contributed by atoms with E-state index in [0.29, 0.717) is 17.9 Å². The Morgan fingerprint density at radius 1 is 0.733 bits per heavy atom. The lowest BCUT2D eigenvalue weighted by molar-refractivity contribution is 0.0526. The van der Waals surface area contributed by atoms with Gasteiger partial charge in [-0.2, -0.15) is 0 Å². The lowest BCUT2D eigenvalue weighted by Crippen LogP contribution is -2.12. The van der Waals surface area contributed by atoms with Gasteiger partial charge in [0.1, 0.15) is 0 Å². The molecular formula is C27H23NO2. The Kier molecular flexibility index (Phi) is 5.71. The van der Waals surface area contributed by atoms with Crippen molar-refractivity contribution in [2.45, 2.75) is 13.8 Å². The Morgan fingerprint density at radius 3 is 1.70 bits per heavy atom. The molecular weight excluding hydrogens is 370 g/mol. The summed E-state index contributed by atoms with van der Waals surface area (Å²) in [7, 11) is 0. The van der Waals surface area contributed by atoms with Crippen molar-refractivity contribution in [2.24, 2.45) is 0 Å². The van der Waals surface area contributed by atoms with Crippen molar-refractivity contribution in [3.8, 4) is 33.6 Å². The molecule has 0 atom stereocenters. The Labute approximate surface area is 177 Å². The highest BCUT2D eigenvalue weighted by Crippen LogP contribution is 2.39. The fraction of sp³-hybridized carbons (Fsp3) is 0.111. The molecule has 148 valence electrons. The van der Waals surface area contributed by atoms with Crippen molar-refractivity contribution in [2.75, 3.05) is 6.61 Å². The average Bonchev–Trinajstić information content (AvgIpc) is 2.80. The van der Waals surface area contributed by atoms with E-state index in [9.17, 15) is 4.79 Å². The van der Waals surface area contributed by atoms with Gasteiger partial charge in [-0.25, -0.2) is 9.78 Å². The zero-order valence-electron chi connectivity index (χ0n) is 17.1. The van der Waals surface area contributed by atoms with Gasteiger partial charge in [-0.05, 0) is 25.0 Å². The van der Waals surface area contributed by atoms with E-state index in [1.165, 1.54) is 0 Å². The van der Waals surface area contributed by atoms with Crippen molar-refractivity contribution in [1.29, 1.82) is 0 Å². The molecule has 3 aromatic carbocycles. The van der Waals surface area contributed by atoms with E-state index in [1.807, 2.05) is 105 Å². The van der Waals surface area contributed by atoms with Gasteiger partial charge in [-0.3, -0.25) is 0 Å². The number of hydrogen-bond acceptors (Lipinski definition) is 3. The number of aromatic nitrogens is 1. The van der Waals surface area contributed by atoms with Gasteiger partial charge in [0, 0.05) is 16.7 Å². The molecule has 0 saturated carbocycles. The maximum Gasteiger partial charge on any atom is 0.340 e. The molecule has 0 saturated heterocycles. The topological polar surface area (TPSA) is 39.2 Å². The summed E-state index contributed by atoms with van der Waals surface area (Å²) in [5.41, 5.74) is 6.74. The van der Waals surface area contributed by atoms with Crippen LogP contribution < -0.4 is 0 Å². The average molecular weight is 393 g/mol. The predicted octanol–water partition coefficient (Wildman–Crippen LogP) is 6.57. The van der Waals surface area contributed by atoms with Crippen molar-refractivity contribution in [3.05, 3.63) is 102 Å². The van der Waals surface area contributed by atoms with Crippen LogP contribution in [-0.2, 0) is 4.74 Å². The highest BCUT2D eigenvalue weighted by atomic mass is 16.5. The molecule has 1 aromatic heterocycles. The van der Waals surface area contributed by atoms with Crippen LogP contribution in [0.3, 0.4) is 0 Å². The summed E-state index contributed by atoms with van der Waals surface area (Å²) in [6, 6.07) is 30.0. The molecule has 1 heterocycles. The SMILES string of the molecule is CCOC(=O)c1c(-c2ccccc2)nc(-c2ccccc2)c(-c2ccccc2)c1C. The van der Waals surface area contributed by atoms with E-state index >= 15 is 0 Å². The summed E-state index contributed by atoms with van der Waals surface area (Å²) in [5.74, 6) is -0.349. The zero-order valence-corrected chi connectivity index (χ0v) is 17.1. The van der Waals surface area contributed by atoms with Crippen LogP contribution in [0.1, 0.15) is 22.8 Å². The van der Waals surface area contributed by atoms with Gasteiger partial charge < -0.3 is 4.74 Å². The minimum Gasteiger partial charge on any atom is -0.462 e. The largest absolute Gasteiger partial charge is 0.462 e. The Morgan fingerprint density at radius 2 is 1.20 bits per heavy atom. The molecule has 0 amide bonds.